The molecule has 0 aliphatic heterocycles. The first-order chi connectivity index (χ1) is 6.73. The standard InChI is InChI=1S/C8H5F4NO2/c1-4-6(8(10,11)12)2-5(13(14)15)3-7(4)9/h2-3H,1H3. The number of nitro benzene ring substituents is 1. The lowest BCUT2D eigenvalue weighted by Crippen LogP contribution is -2.09. The second kappa shape index (κ2) is 3.48. The van der Waals surface area contributed by atoms with Gasteiger partial charge in [0.1, 0.15) is 5.82 Å². The molecule has 1 aromatic rings. The summed E-state index contributed by atoms with van der Waals surface area (Å²) in [7, 11) is 0. The third-order valence-corrected chi connectivity index (χ3v) is 1.85. The highest BCUT2D eigenvalue weighted by molar-refractivity contribution is 5.41. The SMILES string of the molecule is Cc1c(F)cc([N+](=O)[O-])cc1C(F)(F)F. The maximum atomic E-state index is 12.9. The van der Waals surface area contributed by atoms with Crippen LogP contribution in [0.25, 0.3) is 0 Å². The van der Waals surface area contributed by atoms with Crippen LogP contribution in [0.1, 0.15) is 11.1 Å². The maximum absolute atomic E-state index is 12.9. The molecule has 0 saturated heterocycles. The molecule has 7 heteroatoms. The van der Waals surface area contributed by atoms with E-state index in [0.29, 0.717) is 12.1 Å². The van der Waals surface area contributed by atoms with Gasteiger partial charge in [-0.3, -0.25) is 10.1 Å². The molecule has 0 amide bonds. The lowest BCUT2D eigenvalue weighted by Gasteiger charge is -2.10. The van der Waals surface area contributed by atoms with Crippen LogP contribution in [0.15, 0.2) is 12.1 Å². The van der Waals surface area contributed by atoms with E-state index < -0.39 is 33.7 Å². The highest BCUT2D eigenvalue weighted by Gasteiger charge is 2.35. The van der Waals surface area contributed by atoms with Crippen LogP contribution in [-0.4, -0.2) is 4.92 Å². The van der Waals surface area contributed by atoms with Gasteiger partial charge in [0.15, 0.2) is 0 Å². The minimum atomic E-state index is -4.79. The zero-order valence-electron chi connectivity index (χ0n) is 7.43. The van der Waals surface area contributed by atoms with E-state index in [1.165, 1.54) is 0 Å². The number of alkyl halides is 3. The molecule has 0 atom stereocenters. The zero-order valence-corrected chi connectivity index (χ0v) is 7.43. The van der Waals surface area contributed by atoms with E-state index in [0.717, 1.165) is 6.92 Å². The number of rotatable bonds is 1. The molecule has 0 radical (unpaired) electrons. The summed E-state index contributed by atoms with van der Waals surface area (Å²) in [6.07, 6.45) is -4.79. The van der Waals surface area contributed by atoms with Gasteiger partial charge in [-0.1, -0.05) is 0 Å². The van der Waals surface area contributed by atoms with Crippen LogP contribution in [0, 0.1) is 22.9 Å². The molecule has 0 unspecified atom stereocenters. The van der Waals surface area contributed by atoms with Crippen LogP contribution in [-0.2, 0) is 6.18 Å². The Bertz CT molecular complexity index is 414. The topological polar surface area (TPSA) is 43.1 Å². The van der Waals surface area contributed by atoms with Gasteiger partial charge in [0.2, 0.25) is 0 Å². The van der Waals surface area contributed by atoms with Crippen molar-refractivity contribution in [1.82, 2.24) is 0 Å². The summed E-state index contributed by atoms with van der Waals surface area (Å²) in [5, 5.41) is 10.2. The Hall–Kier alpha value is -1.66. The van der Waals surface area contributed by atoms with Gasteiger partial charge in [-0.25, -0.2) is 4.39 Å². The molecule has 0 saturated carbocycles. The van der Waals surface area contributed by atoms with Crippen molar-refractivity contribution < 1.29 is 22.5 Å². The minimum absolute atomic E-state index is 0.318. The van der Waals surface area contributed by atoms with E-state index in [1.54, 1.807) is 0 Å². The molecule has 0 N–H and O–H groups in total. The molecule has 15 heavy (non-hydrogen) atoms. The Balaban J connectivity index is 3.45. The second-order valence-electron chi connectivity index (χ2n) is 2.86. The predicted octanol–water partition coefficient (Wildman–Crippen LogP) is 3.06. The molecule has 1 rings (SSSR count). The summed E-state index contributed by atoms with van der Waals surface area (Å²) in [6, 6.07) is 0.781. The minimum Gasteiger partial charge on any atom is -0.258 e. The van der Waals surface area contributed by atoms with Crippen LogP contribution < -0.4 is 0 Å². The first-order valence-corrected chi connectivity index (χ1v) is 3.75. The fraction of sp³-hybridized carbons (Fsp3) is 0.250. The zero-order chi connectivity index (χ0) is 11.8. The van der Waals surface area contributed by atoms with Crippen molar-refractivity contribution in [3.05, 3.63) is 39.2 Å². The van der Waals surface area contributed by atoms with Crippen molar-refractivity contribution in [3.63, 3.8) is 0 Å². The van der Waals surface area contributed by atoms with Gasteiger partial charge in [0.05, 0.1) is 16.6 Å². The fourth-order valence-electron chi connectivity index (χ4n) is 1.06. The predicted molar refractivity (Wildman–Crippen MR) is 42.8 cm³/mol. The highest BCUT2D eigenvalue weighted by atomic mass is 19.4. The average molecular weight is 223 g/mol. The molecule has 0 aromatic heterocycles. The number of nitro groups is 1. The fourth-order valence-corrected chi connectivity index (χ4v) is 1.06. The van der Waals surface area contributed by atoms with Gasteiger partial charge in [0.25, 0.3) is 5.69 Å². The van der Waals surface area contributed by atoms with Gasteiger partial charge in [-0.05, 0) is 12.5 Å². The Morgan fingerprint density at radius 3 is 2.27 bits per heavy atom. The van der Waals surface area contributed by atoms with Gasteiger partial charge in [-0.15, -0.1) is 0 Å². The quantitative estimate of drug-likeness (QED) is 0.417. The van der Waals surface area contributed by atoms with Crippen molar-refractivity contribution in [2.75, 3.05) is 0 Å². The largest absolute Gasteiger partial charge is 0.417 e. The number of nitrogens with zero attached hydrogens (tertiary/aromatic N) is 1. The van der Waals surface area contributed by atoms with Crippen LogP contribution in [0.4, 0.5) is 23.2 Å². The lowest BCUT2D eigenvalue weighted by atomic mass is 10.1. The number of non-ortho nitro benzene ring substituents is 1. The van der Waals surface area contributed by atoms with E-state index in [4.69, 9.17) is 0 Å². The van der Waals surface area contributed by atoms with Crippen molar-refractivity contribution in [3.8, 4) is 0 Å². The van der Waals surface area contributed by atoms with Gasteiger partial charge in [-0.2, -0.15) is 13.2 Å². The summed E-state index contributed by atoms with van der Waals surface area (Å²) >= 11 is 0. The van der Waals surface area contributed by atoms with Crippen molar-refractivity contribution in [2.24, 2.45) is 0 Å². The summed E-state index contributed by atoms with van der Waals surface area (Å²) in [5.41, 5.74) is -2.88. The number of hydrogen-bond donors (Lipinski definition) is 0. The highest BCUT2D eigenvalue weighted by Crippen LogP contribution is 2.35. The monoisotopic (exact) mass is 223 g/mol. The Labute approximate surface area is 81.5 Å². The number of hydrogen-bond acceptors (Lipinski definition) is 2. The molecule has 0 aliphatic carbocycles. The molecular formula is C8H5F4NO2. The molecule has 3 nitrogen and oxygen atoms in total. The lowest BCUT2D eigenvalue weighted by molar-refractivity contribution is -0.385. The Kier molecular flexibility index (Phi) is 2.65. The number of benzene rings is 1. The smallest absolute Gasteiger partial charge is 0.258 e. The van der Waals surface area contributed by atoms with E-state index >= 15 is 0 Å². The molecule has 0 heterocycles. The Morgan fingerprint density at radius 1 is 1.33 bits per heavy atom. The summed E-state index contributed by atoms with van der Waals surface area (Å²) in [6.45, 7) is 0.919. The summed E-state index contributed by atoms with van der Waals surface area (Å²) in [5.74, 6) is -1.24. The Morgan fingerprint density at radius 2 is 1.87 bits per heavy atom. The maximum Gasteiger partial charge on any atom is 0.417 e. The molecule has 82 valence electrons. The normalized spacial score (nSPS) is 11.5. The van der Waals surface area contributed by atoms with Gasteiger partial charge in [0, 0.05) is 6.07 Å². The van der Waals surface area contributed by atoms with E-state index in [9.17, 15) is 27.7 Å². The number of halogens is 4. The van der Waals surface area contributed by atoms with Crippen LogP contribution in [0.2, 0.25) is 0 Å². The van der Waals surface area contributed by atoms with Gasteiger partial charge < -0.3 is 0 Å². The van der Waals surface area contributed by atoms with Gasteiger partial charge >= 0.3 is 6.18 Å². The molecular weight excluding hydrogens is 218 g/mol. The van der Waals surface area contributed by atoms with Crippen LogP contribution in [0.5, 0.6) is 0 Å². The molecule has 0 spiro atoms. The second-order valence-corrected chi connectivity index (χ2v) is 2.86. The average Bonchev–Trinajstić information content (AvgIpc) is 2.06. The summed E-state index contributed by atoms with van der Waals surface area (Å²) < 4.78 is 49.8. The van der Waals surface area contributed by atoms with Crippen LogP contribution >= 0.6 is 0 Å². The molecule has 0 bridgehead atoms. The van der Waals surface area contributed by atoms with Crippen LogP contribution in [0.3, 0.4) is 0 Å². The molecule has 0 aliphatic rings. The first kappa shape index (κ1) is 11.4. The third-order valence-electron chi connectivity index (χ3n) is 1.85. The van der Waals surface area contributed by atoms with E-state index in [1.807, 2.05) is 0 Å². The first-order valence-electron chi connectivity index (χ1n) is 3.75. The van der Waals surface area contributed by atoms with E-state index in [-0.39, 0.29) is 0 Å². The van der Waals surface area contributed by atoms with Crippen molar-refractivity contribution in [2.45, 2.75) is 13.1 Å². The molecule has 1 aromatic carbocycles. The molecule has 0 fully saturated rings. The third kappa shape index (κ3) is 2.23. The van der Waals surface area contributed by atoms with E-state index in [2.05, 4.69) is 0 Å². The summed E-state index contributed by atoms with van der Waals surface area (Å²) in [4.78, 5) is 9.14. The van der Waals surface area contributed by atoms with Crippen molar-refractivity contribution >= 4 is 5.69 Å². The van der Waals surface area contributed by atoms with Crippen molar-refractivity contribution in [1.29, 1.82) is 0 Å².